The fourth-order valence-corrected chi connectivity index (χ4v) is 3.58. The predicted molar refractivity (Wildman–Crippen MR) is 91.7 cm³/mol. The predicted octanol–water partition coefficient (Wildman–Crippen LogP) is 3.46. The largest absolute Gasteiger partial charge is 0.468 e. The van der Waals surface area contributed by atoms with Crippen molar-refractivity contribution < 1.29 is 9.53 Å². The van der Waals surface area contributed by atoms with E-state index in [0.29, 0.717) is 23.8 Å². The second-order valence-electron chi connectivity index (χ2n) is 7.50. The van der Waals surface area contributed by atoms with Crippen molar-refractivity contribution in [2.24, 2.45) is 16.1 Å². The number of nitrogens with two attached hydrogens (primary N) is 1. The van der Waals surface area contributed by atoms with Crippen LogP contribution in [0.25, 0.3) is 0 Å². The van der Waals surface area contributed by atoms with Gasteiger partial charge in [0.15, 0.2) is 11.6 Å². The maximum absolute atomic E-state index is 13.0. The van der Waals surface area contributed by atoms with Crippen LogP contribution in [0.5, 0.6) is 0 Å². The lowest BCUT2D eigenvalue weighted by molar-refractivity contribution is -0.137. The van der Waals surface area contributed by atoms with Crippen molar-refractivity contribution in [3.63, 3.8) is 0 Å². The molecule has 1 unspecified atom stereocenters. The number of ketones is 1. The van der Waals surface area contributed by atoms with Crippen LogP contribution in [0.3, 0.4) is 0 Å². The number of rotatable bonds is 2. The van der Waals surface area contributed by atoms with Gasteiger partial charge in [0.25, 0.3) is 0 Å². The van der Waals surface area contributed by atoms with Crippen LogP contribution in [0.2, 0.25) is 5.02 Å². The minimum Gasteiger partial charge on any atom is -0.468 e. The Labute approximate surface area is 142 Å². The van der Waals surface area contributed by atoms with Crippen molar-refractivity contribution in [3.8, 4) is 0 Å². The van der Waals surface area contributed by atoms with E-state index in [1.807, 2.05) is 39.0 Å². The molecule has 1 heterocycles. The van der Waals surface area contributed by atoms with Gasteiger partial charge in [-0.05, 0) is 30.7 Å². The number of halogens is 1. The van der Waals surface area contributed by atoms with Gasteiger partial charge in [-0.2, -0.15) is 0 Å². The Morgan fingerprint density at radius 1 is 1.39 bits per heavy atom. The van der Waals surface area contributed by atoms with Crippen molar-refractivity contribution in [2.75, 3.05) is 0 Å². The number of benzene rings is 1. The molecule has 0 saturated heterocycles. The normalized spacial score (nSPS) is 28.8. The Hall–Kier alpha value is -1.39. The van der Waals surface area contributed by atoms with Crippen molar-refractivity contribution in [1.82, 2.24) is 0 Å². The maximum atomic E-state index is 13.0. The lowest BCUT2D eigenvalue weighted by Gasteiger charge is -2.43. The molecule has 1 aromatic rings. The van der Waals surface area contributed by atoms with Crippen molar-refractivity contribution in [2.45, 2.75) is 57.7 Å². The van der Waals surface area contributed by atoms with Gasteiger partial charge in [0.1, 0.15) is 0 Å². The van der Waals surface area contributed by atoms with E-state index in [1.54, 1.807) is 6.07 Å². The monoisotopic (exact) mass is 334 g/mol. The first-order valence-electron chi connectivity index (χ1n) is 8.07. The van der Waals surface area contributed by atoms with Gasteiger partial charge < -0.3 is 10.5 Å². The third-order valence-electron chi connectivity index (χ3n) is 4.79. The standard InChI is InChI=1S/C18H23ClN2O2/c1-17(2,3)14(20)16-21-18(11-7-4-5-8-12(11)19)10-6-9-13(23-16)15(18)22/h4-5,7-8,13-14H,6,9-10,20H2,1-3H3/t13-,14?,18-/m1/s1. The van der Waals surface area contributed by atoms with Gasteiger partial charge in [-0.3, -0.25) is 4.79 Å². The van der Waals surface area contributed by atoms with E-state index >= 15 is 0 Å². The van der Waals surface area contributed by atoms with Gasteiger partial charge in [0.05, 0.1) is 6.04 Å². The number of aliphatic imine (C=N–C) groups is 1. The number of carbonyl (C=O) groups is 1. The third-order valence-corrected chi connectivity index (χ3v) is 5.12. The van der Waals surface area contributed by atoms with Gasteiger partial charge in [-0.25, -0.2) is 4.99 Å². The van der Waals surface area contributed by atoms with E-state index < -0.39 is 11.6 Å². The van der Waals surface area contributed by atoms with Gasteiger partial charge in [0.2, 0.25) is 11.7 Å². The van der Waals surface area contributed by atoms with Crippen LogP contribution >= 0.6 is 11.6 Å². The molecule has 0 aromatic heterocycles. The van der Waals surface area contributed by atoms with Gasteiger partial charge in [0, 0.05) is 10.6 Å². The maximum Gasteiger partial charge on any atom is 0.205 e. The van der Waals surface area contributed by atoms with E-state index in [0.717, 1.165) is 12.0 Å². The van der Waals surface area contributed by atoms with Crippen LogP contribution in [0.15, 0.2) is 29.3 Å². The Morgan fingerprint density at radius 3 is 2.74 bits per heavy atom. The molecule has 0 spiro atoms. The summed E-state index contributed by atoms with van der Waals surface area (Å²) in [6.07, 6.45) is 1.76. The molecule has 4 nitrogen and oxygen atoms in total. The molecule has 2 bridgehead atoms. The fraction of sp³-hybridized carbons (Fsp3) is 0.556. The summed E-state index contributed by atoms with van der Waals surface area (Å²) in [5.74, 6) is 0.475. The first-order chi connectivity index (χ1) is 10.8. The molecule has 1 saturated carbocycles. The average Bonchev–Trinajstić information content (AvgIpc) is 2.46. The number of hydrogen-bond acceptors (Lipinski definition) is 4. The van der Waals surface area contributed by atoms with Gasteiger partial charge >= 0.3 is 0 Å². The molecule has 0 radical (unpaired) electrons. The van der Waals surface area contributed by atoms with Crippen LogP contribution in [0.1, 0.15) is 45.6 Å². The summed E-state index contributed by atoms with van der Waals surface area (Å²) in [4.78, 5) is 17.7. The number of hydrogen-bond donors (Lipinski definition) is 1. The van der Waals surface area contributed by atoms with Crippen molar-refractivity contribution >= 4 is 23.3 Å². The molecule has 124 valence electrons. The second kappa shape index (κ2) is 5.60. The zero-order valence-corrected chi connectivity index (χ0v) is 14.6. The molecule has 3 atom stereocenters. The molecule has 2 N–H and O–H groups in total. The van der Waals surface area contributed by atoms with E-state index in [2.05, 4.69) is 0 Å². The minimum atomic E-state index is -0.947. The van der Waals surface area contributed by atoms with Crippen LogP contribution in [0.4, 0.5) is 0 Å². The highest BCUT2D eigenvalue weighted by Gasteiger charge is 2.52. The summed E-state index contributed by atoms with van der Waals surface area (Å²) < 4.78 is 5.88. The van der Waals surface area contributed by atoms with E-state index in [-0.39, 0.29) is 17.2 Å². The SMILES string of the molecule is CC(C)(C)C(N)C1=N[C@@]2(c3ccccc3Cl)CCC[C@@H](O1)C2=O. The summed E-state index contributed by atoms with van der Waals surface area (Å²) in [6, 6.07) is 7.08. The summed E-state index contributed by atoms with van der Waals surface area (Å²) >= 11 is 6.39. The molecule has 2 aliphatic rings. The molecule has 23 heavy (non-hydrogen) atoms. The fourth-order valence-electron chi connectivity index (χ4n) is 3.29. The lowest BCUT2D eigenvalue weighted by Crippen LogP contribution is -2.56. The minimum absolute atomic E-state index is 0.00158. The second-order valence-corrected chi connectivity index (χ2v) is 7.90. The molecular formula is C18H23ClN2O2. The van der Waals surface area contributed by atoms with E-state index in [9.17, 15) is 4.79 Å². The van der Waals surface area contributed by atoms with Gasteiger partial charge in [-0.15, -0.1) is 0 Å². The highest BCUT2D eigenvalue weighted by atomic mass is 35.5. The highest BCUT2D eigenvalue weighted by molar-refractivity contribution is 6.32. The summed E-state index contributed by atoms with van der Waals surface area (Å²) in [6.45, 7) is 6.12. The molecular weight excluding hydrogens is 312 g/mol. The Kier molecular flexibility index (Phi) is 4.01. The summed E-state index contributed by atoms with van der Waals surface area (Å²) in [7, 11) is 0. The van der Waals surface area contributed by atoms with Crippen molar-refractivity contribution in [3.05, 3.63) is 34.9 Å². The molecule has 1 aliphatic carbocycles. The molecule has 0 amide bonds. The summed E-state index contributed by atoms with van der Waals surface area (Å²) in [5, 5.41) is 0.566. The third kappa shape index (κ3) is 2.68. The van der Waals surface area contributed by atoms with Crippen LogP contribution in [0, 0.1) is 5.41 Å². The first kappa shape index (κ1) is 16.5. The van der Waals surface area contributed by atoms with E-state index in [1.165, 1.54) is 0 Å². The van der Waals surface area contributed by atoms with Crippen molar-refractivity contribution in [1.29, 1.82) is 0 Å². The summed E-state index contributed by atoms with van der Waals surface area (Å²) in [5.41, 5.74) is 5.97. The number of Topliss-reactive ketones (excluding diaryl/α,β-unsaturated/α-hetero) is 1. The smallest absolute Gasteiger partial charge is 0.205 e. The number of carbonyl (C=O) groups excluding carboxylic acids is 1. The Morgan fingerprint density at radius 2 is 2.09 bits per heavy atom. The highest BCUT2D eigenvalue weighted by Crippen LogP contribution is 2.45. The topological polar surface area (TPSA) is 64.7 Å². The zero-order chi connectivity index (χ0) is 16.8. The zero-order valence-electron chi connectivity index (χ0n) is 13.8. The van der Waals surface area contributed by atoms with Crippen LogP contribution < -0.4 is 5.73 Å². The molecule has 3 rings (SSSR count). The Balaban J connectivity index is 2.15. The average molecular weight is 335 g/mol. The lowest BCUT2D eigenvalue weighted by atomic mass is 9.73. The molecule has 1 aromatic carbocycles. The first-order valence-corrected chi connectivity index (χ1v) is 8.45. The molecule has 1 aliphatic heterocycles. The quantitative estimate of drug-likeness (QED) is 0.900. The van der Waals surface area contributed by atoms with Crippen LogP contribution in [-0.4, -0.2) is 23.8 Å². The van der Waals surface area contributed by atoms with Gasteiger partial charge in [-0.1, -0.05) is 50.6 Å². The number of ether oxygens (including phenoxy) is 1. The molecule has 5 heteroatoms. The number of nitrogens with zero attached hydrogens (tertiary/aromatic N) is 1. The molecule has 1 fully saturated rings. The Bertz CT molecular complexity index is 665. The number of fused-ring (bicyclic) bond motifs is 2. The van der Waals surface area contributed by atoms with E-state index in [4.69, 9.17) is 27.1 Å². The van der Waals surface area contributed by atoms with Crippen LogP contribution in [-0.2, 0) is 15.1 Å².